The largest absolute Gasteiger partial charge is 0.207 e. The normalized spacial score (nSPS) is 11.0. The third-order valence-corrected chi connectivity index (χ3v) is 4.01. The molecule has 1 heterocycles. The van der Waals surface area contributed by atoms with Crippen molar-refractivity contribution in [3.63, 3.8) is 0 Å². The summed E-state index contributed by atoms with van der Waals surface area (Å²) in [6.45, 7) is 2.14. The van der Waals surface area contributed by atoms with E-state index in [-0.39, 0.29) is 5.82 Å². The first-order valence-corrected chi connectivity index (χ1v) is 6.58. The van der Waals surface area contributed by atoms with Gasteiger partial charge in [0.2, 0.25) is 0 Å². The molecule has 0 atom stereocenters. The highest BCUT2D eigenvalue weighted by Gasteiger charge is 2.04. The Kier molecular flexibility index (Phi) is 3.08. The first-order chi connectivity index (χ1) is 6.81. The first-order valence-electron chi connectivity index (χ1n) is 4.54. The molecule has 0 unspecified atom stereocenters. The lowest BCUT2D eigenvalue weighted by Crippen LogP contribution is -1.79. The van der Waals surface area contributed by atoms with Crippen LogP contribution in [0.25, 0.3) is 10.1 Å². The van der Waals surface area contributed by atoms with Crippen molar-refractivity contribution in [3.8, 4) is 0 Å². The molecule has 0 aliphatic carbocycles. The molecule has 0 nitrogen and oxygen atoms in total. The summed E-state index contributed by atoms with van der Waals surface area (Å²) < 4.78 is 14.2. The number of thiophene rings is 1. The molecular weight excluding hydrogens is 215 g/mol. The fourth-order valence-electron chi connectivity index (χ4n) is 1.38. The summed E-state index contributed by atoms with van der Waals surface area (Å²) in [5, 5.41) is 3.21. The fraction of sp³-hybridized carbons (Fsp3) is 0.273. The number of rotatable bonds is 3. The third kappa shape index (κ3) is 1.93. The van der Waals surface area contributed by atoms with Gasteiger partial charge in [0, 0.05) is 10.5 Å². The van der Waals surface area contributed by atoms with Crippen LogP contribution in [-0.2, 0) is 5.75 Å². The average molecular weight is 226 g/mol. The van der Waals surface area contributed by atoms with E-state index in [0.29, 0.717) is 0 Å². The molecule has 0 aliphatic rings. The van der Waals surface area contributed by atoms with Gasteiger partial charge in [-0.2, -0.15) is 11.8 Å². The van der Waals surface area contributed by atoms with Crippen molar-refractivity contribution in [1.29, 1.82) is 0 Å². The highest BCUT2D eigenvalue weighted by Crippen LogP contribution is 2.29. The van der Waals surface area contributed by atoms with E-state index in [1.54, 1.807) is 17.4 Å². The van der Waals surface area contributed by atoms with E-state index in [2.05, 4.69) is 12.3 Å². The van der Waals surface area contributed by atoms with Crippen molar-refractivity contribution < 1.29 is 4.39 Å². The van der Waals surface area contributed by atoms with Gasteiger partial charge >= 0.3 is 0 Å². The number of hydrogen-bond acceptors (Lipinski definition) is 2. The number of halogens is 1. The monoisotopic (exact) mass is 226 g/mol. The van der Waals surface area contributed by atoms with Crippen LogP contribution in [-0.4, -0.2) is 5.75 Å². The molecule has 1 aromatic carbocycles. The summed E-state index contributed by atoms with van der Waals surface area (Å²) in [6.07, 6.45) is 0. The summed E-state index contributed by atoms with van der Waals surface area (Å²) in [6, 6.07) is 5.02. The standard InChI is InChI=1S/C11H11FS2/c1-2-13-6-8-7-14-11-4-3-9(12)5-10(8)11/h3-5,7H,2,6H2,1H3. The van der Waals surface area contributed by atoms with Gasteiger partial charge in [0.25, 0.3) is 0 Å². The van der Waals surface area contributed by atoms with E-state index in [1.165, 1.54) is 16.3 Å². The minimum absolute atomic E-state index is 0.140. The van der Waals surface area contributed by atoms with Gasteiger partial charge in [-0.3, -0.25) is 0 Å². The van der Waals surface area contributed by atoms with Crippen LogP contribution in [0.2, 0.25) is 0 Å². The van der Waals surface area contributed by atoms with Crippen molar-refractivity contribution in [1.82, 2.24) is 0 Å². The average Bonchev–Trinajstić information content (AvgIpc) is 2.57. The Morgan fingerprint density at radius 3 is 3.07 bits per heavy atom. The van der Waals surface area contributed by atoms with E-state index in [9.17, 15) is 4.39 Å². The van der Waals surface area contributed by atoms with Gasteiger partial charge in [-0.25, -0.2) is 4.39 Å². The predicted molar refractivity (Wildman–Crippen MR) is 63.6 cm³/mol. The molecule has 0 spiro atoms. The fourth-order valence-corrected chi connectivity index (χ4v) is 3.09. The molecule has 0 fully saturated rings. The minimum Gasteiger partial charge on any atom is -0.207 e. The summed E-state index contributed by atoms with van der Waals surface area (Å²) in [5.41, 5.74) is 1.26. The Balaban J connectivity index is 2.40. The molecule has 0 amide bonds. The second kappa shape index (κ2) is 4.32. The maximum Gasteiger partial charge on any atom is 0.123 e. The van der Waals surface area contributed by atoms with Gasteiger partial charge < -0.3 is 0 Å². The highest BCUT2D eigenvalue weighted by molar-refractivity contribution is 7.98. The lowest BCUT2D eigenvalue weighted by molar-refractivity contribution is 0.630. The van der Waals surface area contributed by atoms with Crippen LogP contribution >= 0.6 is 23.1 Å². The Hall–Kier alpha value is -0.540. The van der Waals surface area contributed by atoms with Gasteiger partial charge in [0.15, 0.2) is 0 Å². The molecule has 0 N–H and O–H groups in total. The second-order valence-corrected chi connectivity index (χ2v) is 5.22. The SMILES string of the molecule is CCSCc1csc2ccc(F)cc12. The summed E-state index contributed by atoms with van der Waals surface area (Å²) in [4.78, 5) is 0. The van der Waals surface area contributed by atoms with Crippen molar-refractivity contribution in [2.24, 2.45) is 0 Å². The Labute approximate surface area is 91.1 Å². The van der Waals surface area contributed by atoms with E-state index in [0.717, 1.165) is 16.9 Å². The van der Waals surface area contributed by atoms with Crippen LogP contribution in [0, 0.1) is 5.82 Å². The zero-order valence-corrected chi connectivity index (χ0v) is 9.55. The van der Waals surface area contributed by atoms with Crippen LogP contribution in [0.3, 0.4) is 0 Å². The molecule has 0 bridgehead atoms. The highest BCUT2D eigenvalue weighted by atomic mass is 32.2. The predicted octanol–water partition coefficient (Wildman–Crippen LogP) is 4.29. The summed E-state index contributed by atoms with van der Waals surface area (Å²) in [7, 11) is 0. The molecule has 2 rings (SSSR count). The molecule has 0 saturated carbocycles. The van der Waals surface area contributed by atoms with Crippen molar-refractivity contribution in [3.05, 3.63) is 35.0 Å². The zero-order chi connectivity index (χ0) is 9.97. The summed E-state index contributed by atoms with van der Waals surface area (Å²) >= 11 is 3.56. The van der Waals surface area contributed by atoms with Crippen LogP contribution < -0.4 is 0 Å². The minimum atomic E-state index is -0.140. The number of benzene rings is 1. The molecular formula is C11H11FS2. The van der Waals surface area contributed by atoms with E-state index in [4.69, 9.17) is 0 Å². The molecule has 0 aliphatic heterocycles. The number of hydrogen-bond donors (Lipinski definition) is 0. The second-order valence-electron chi connectivity index (χ2n) is 3.04. The maximum absolute atomic E-state index is 13.0. The van der Waals surface area contributed by atoms with Gasteiger partial charge in [0.05, 0.1) is 0 Å². The third-order valence-electron chi connectivity index (χ3n) is 2.08. The Bertz CT molecular complexity index is 434. The van der Waals surface area contributed by atoms with Crippen LogP contribution in [0.5, 0.6) is 0 Å². The van der Waals surface area contributed by atoms with Gasteiger partial charge in [-0.1, -0.05) is 6.92 Å². The Morgan fingerprint density at radius 2 is 2.29 bits per heavy atom. The van der Waals surface area contributed by atoms with Gasteiger partial charge in [-0.15, -0.1) is 11.3 Å². The van der Waals surface area contributed by atoms with Crippen molar-refractivity contribution in [2.45, 2.75) is 12.7 Å². The zero-order valence-electron chi connectivity index (χ0n) is 7.92. The van der Waals surface area contributed by atoms with Crippen LogP contribution in [0.4, 0.5) is 4.39 Å². The lowest BCUT2D eigenvalue weighted by Gasteiger charge is -1.97. The van der Waals surface area contributed by atoms with Crippen LogP contribution in [0.15, 0.2) is 23.6 Å². The van der Waals surface area contributed by atoms with Crippen molar-refractivity contribution in [2.75, 3.05) is 5.75 Å². The van der Waals surface area contributed by atoms with Gasteiger partial charge in [0.1, 0.15) is 5.82 Å². The Morgan fingerprint density at radius 1 is 1.43 bits per heavy atom. The van der Waals surface area contributed by atoms with Crippen LogP contribution in [0.1, 0.15) is 12.5 Å². The quantitative estimate of drug-likeness (QED) is 0.752. The first kappa shape index (κ1) is 9.99. The van der Waals surface area contributed by atoms with Crippen molar-refractivity contribution >= 4 is 33.2 Å². The van der Waals surface area contributed by atoms with E-state index < -0.39 is 0 Å². The molecule has 1 aromatic heterocycles. The van der Waals surface area contributed by atoms with Gasteiger partial charge in [-0.05, 0) is 40.3 Å². The molecule has 14 heavy (non-hydrogen) atoms. The maximum atomic E-state index is 13.0. The summed E-state index contributed by atoms with van der Waals surface area (Å²) in [5.74, 6) is 1.95. The lowest BCUT2D eigenvalue weighted by atomic mass is 10.2. The topological polar surface area (TPSA) is 0 Å². The number of thioether (sulfide) groups is 1. The smallest absolute Gasteiger partial charge is 0.123 e. The molecule has 3 heteroatoms. The van der Waals surface area contributed by atoms with E-state index in [1.807, 2.05) is 17.8 Å². The molecule has 2 aromatic rings. The van der Waals surface area contributed by atoms with E-state index >= 15 is 0 Å². The number of fused-ring (bicyclic) bond motifs is 1. The molecule has 0 radical (unpaired) electrons. The molecule has 74 valence electrons. The molecule has 0 saturated heterocycles.